The monoisotopic (exact) mass is 426 g/mol. The molecule has 8 heteroatoms. The summed E-state index contributed by atoms with van der Waals surface area (Å²) < 4.78 is 10.5. The van der Waals surface area contributed by atoms with Crippen LogP contribution in [0.25, 0.3) is 0 Å². The third-order valence-corrected chi connectivity index (χ3v) is 6.10. The fourth-order valence-electron chi connectivity index (χ4n) is 4.13. The van der Waals surface area contributed by atoms with Crippen molar-refractivity contribution in [3.8, 4) is 11.8 Å². The standard InChI is InChI=1S/C23H30N4O4/c1-23(2)17(12-25-18-10-11-20(30-4)26-22(18)31-5)21(23)15-6-8-16(9-7-15)27(14-28)13-19(29)24-3/h6-11,14,17,21,25H,12-13H2,1-5H3,(H,24,29). The van der Waals surface area contributed by atoms with Crippen LogP contribution in [0.5, 0.6) is 11.8 Å². The van der Waals surface area contributed by atoms with Crippen LogP contribution in [-0.2, 0) is 9.59 Å². The van der Waals surface area contributed by atoms with Gasteiger partial charge in [0.25, 0.3) is 0 Å². The molecule has 1 aromatic carbocycles. The van der Waals surface area contributed by atoms with Crippen molar-refractivity contribution in [2.24, 2.45) is 11.3 Å². The van der Waals surface area contributed by atoms with E-state index < -0.39 is 0 Å². The van der Waals surface area contributed by atoms with Crippen LogP contribution in [0.1, 0.15) is 25.3 Å². The van der Waals surface area contributed by atoms with Crippen molar-refractivity contribution in [1.29, 1.82) is 0 Å². The minimum Gasteiger partial charge on any atom is -0.481 e. The SMILES string of the molecule is CNC(=O)CN(C=O)c1ccc(C2C(CNc3ccc(OC)nc3OC)C2(C)C)cc1. The van der Waals surface area contributed by atoms with E-state index in [1.165, 1.54) is 10.5 Å². The first kappa shape index (κ1) is 22.4. The number of methoxy groups -OCH3 is 2. The van der Waals surface area contributed by atoms with Gasteiger partial charge in [-0.1, -0.05) is 26.0 Å². The summed E-state index contributed by atoms with van der Waals surface area (Å²) in [6.45, 7) is 5.29. The molecule has 0 bridgehead atoms. The second kappa shape index (κ2) is 9.24. The number of pyridine rings is 1. The zero-order valence-corrected chi connectivity index (χ0v) is 18.6. The Hall–Kier alpha value is -3.29. The predicted octanol–water partition coefficient (Wildman–Crippen LogP) is 2.66. The summed E-state index contributed by atoms with van der Waals surface area (Å²) in [6, 6.07) is 11.6. The molecular formula is C23H30N4O4. The van der Waals surface area contributed by atoms with E-state index in [9.17, 15) is 9.59 Å². The van der Waals surface area contributed by atoms with E-state index in [0.29, 0.717) is 35.7 Å². The predicted molar refractivity (Wildman–Crippen MR) is 120 cm³/mol. The molecule has 1 aliphatic rings. The molecule has 0 spiro atoms. The number of benzene rings is 1. The number of likely N-dealkylation sites (N-methyl/N-ethyl adjacent to an activating group) is 1. The molecule has 3 rings (SSSR count). The maximum absolute atomic E-state index is 11.6. The fraction of sp³-hybridized carbons (Fsp3) is 0.435. The van der Waals surface area contributed by atoms with Crippen LogP contribution >= 0.6 is 0 Å². The van der Waals surface area contributed by atoms with Gasteiger partial charge in [0.1, 0.15) is 6.54 Å². The number of hydrogen-bond donors (Lipinski definition) is 2. The van der Waals surface area contributed by atoms with Gasteiger partial charge in [0, 0.05) is 25.3 Å². The molecule has 1 fully saturated rings. The van der Waals surface area contributed by atoms with Crippen LogP contribution in [0.4, 0.5) is 11.4 Å². The fourth-order valence-corrected chi connectivity index (χ4v) is 4.13. The Morgan fingerprint density at radius 1 is 1.16 bits per heavy atom. The van der Waals surface area contributed by atoms with Crippen LogP contribution in [-0.4, -0.2) is 51.7 Å². The maximum atomic E-state index is 11.6. The molecule has 2 amide bonds. The Bertz CT molecular complexity index is 930. The van der Waals surface area contributed by atoms with Gasteiger partial charge in [0.05, 0.1) is 19.9 Å². The van der Waals surface area contributed by atoms with Gasteiger partial charge in [-0.3, -0.25) is 9.59 Å². The van der Waals surface area contributed by atoms with Crippen molar-refractivity contribution in [2.45, 2.75) is 19.8 Å². The summed E-state index contributed by atoms with van der Waals surface area (Å²) in [4.78, 5) is 28.7. The highest BCUT2D eigenvalue weighted by atomic mass is 16.5. The number of carbonyl (C=O) groups is 2. The third-order valence-electron chi connectivity index (χ3n) is 6.10. The van der Waals surface area contributed by atoms with Crippen LogP contribution < -0.4 is 25.0 Å². The molecule has 8 nitrogen and oxygen atoms in total. The van der Waals surface area contributed by atoms with E-state index >= 15 is 0 Å². The summed E-state index contributed by atoms with van der Waals surface area (Å²) in [5, 5.41) is 5.99. The van der Waals surface area contributed by atoms with Crippen LogP contribution in [0.3, 0.4) is 0 Å². The zero-order chi connectivity index (χ0) is 22.6. The second-order valence-corrected chi connectivity index (χ2v) is 8.19. The van der Waals surface area contributed by atoms with E-state index in [1.54, 1.807) is 27.3 Å². The lowest BCUT2D eigenvalue weighted by atomic mass is 10.0. The highest BCUT2D eigenvalue weighted by Gasteiger charge is 2.57. The minimum atomic E-state index is -0.214. The molecule has 1 saturated carbocycles. The second-order valence-electron chi connectivity index (χ2n) is 8.19. The number of rotatable bonds is 10. The summed E-state index contributed by atoms with van der Waals surface area (Å²) in [7, 11) is 4.71. The maximum Gasteiger partial charge on any atom is 0.240 e. The summed E-state index contributed by atoms with van der Waals surface area (Å²) in [5.41, 5.74) is 2.88. The number of hydrogen-bond acceptors (Lipinski definition) is 6. The molecule has 166 valence electrons. The van der Waals surface area contributed by atoms with Gasteiger partial charge < -0.3 is 25.0 Å². The van der Waals surface area contributed by atoms with Crippen molar-refractivity contribution in [3.05, 3.63) is 42.0 Å². The zero-order valence-electron chi connectivity index (χ0n) is 18.6. The molecule has 0 aliphatic heterocycles. The smallest absolute Gasteiger partial charge is 0.240 e. The molecule has 31 heavy (non-hydrogen) atoms. The molecule has 0 saturated heterocycles. The Morgan fingerprint density at radius 2 is 1.87 bits per heavy atom. The van der Waals surface area contributed by atoms with E-state index in [2.05, 4.69) is 29.5 Å². The molecule has 2 atom stereocenters. The lowest BCUT2D eigenvalue weighted by Crippen LogP contribution is -2.34. The summed E-state index contributed by atoms with van der Waals surface area (Å²) in [5.74, 6) is 1.61. The van der Waals surface area contributed by atoms with Gasteiger partial charge in [0.15, 0.2) is 0 Å². The Kier molecular flexibility index (Phi) is 6.68. The minimum absolute atomic E-state index is 0.00145. The Balaban J connectivity index is 1.67. The number of ether oxygens (including phenoxy) is 2. The topological polar surface area (TPSA) is 92.8 Å². The Labute approximate surface area is 182 Å². The molecule has 2 N–H and O–H groups in total. The average Bonchev–Trinajstić information content (AvgIpc) is 3.35. The van der Waals surface area contributed by atoms with E-state index in [0.717, 1.165) is 12.2 Å². The highest BCUT2D eigenvalue weighted by Crippen LogP contribution is 2.64. The lowest BCUT2D eigenvalue weighted by Gasteiger charge is -2.17. The summed E-state index contributed by atoms with van der Waals surface area (Å²) >= 11 is 0. The van der Waals surface area contributed by atoms with E-state index in [1.807, 2.05) is 30.3 Å². The van der Waals surface area contributed by atoms with Crippen LogP contribution in [0, 0.1) is 11.3 Å². The number of amides is 2. The lowest BCUT2D eigenvalue weighted by molar-refractivity contribution is -0.120. The third kappa shape index (κ3) is 4.73. The molecule has 2 unspecified atom stereocenters. The van der Waals surface area contributed by atoms with Gasteiger partial charge in [-0.05, 0) is 41.0 Å². The summed E-state index contributed by atoms with van der Waals surface area (Å²) in [6.07, 6.45) is 0.675. The Morgan fingerprint density at radius 3 is 2.45 bits per heavy atom. The van der Waals surface area contributed by atoms with Crippen molar-refractivity contribution >= 4 is 23.7 Å². The molecule has 1 aromatic heterocycles. The quantitative estimate of drug-likeness (QED) is 0.568. The van der Waals surface area contributed by atoms with Gasteiger partial charge in [0.2, 0.25) is 24.1 Å². The highest BCUT2D eigenvalue weighted by molar-refractivity contribution is 5.88. The van der Waals surface area contributed by atoms with E-state index in [4.69, 9.17) is 9.47 Å². The average molecular weight is 427 g/mol. The largest absolute Gasteiger partial charge is 0.481 e. The van der Waals surface area contributed by atoms with Crippen molar-refractivity contribution < 1.29 is 19.1 Å². The molecule has 0 radical (unpaired) electrons. The number of anilines is 2. The molecule has 1 heterocycles. The molecule has 2 aromatic rings. The number of nitrogens with zero attached hydrogens (tertiary/aromatic N) is 2. The number of carbonyl (C=O) groups excluding carboxylic acids is 2. The van der Waals surface area contributed by atoms with Crippen molar-refractivity contribution in [1.82, 2.24) is 10.3 Å². The number of aromatic nitrogens is 1. The first-order valence-corrected chi connectivity index (χ1v) is 10.2. The first-order valence-electron chi connectivity index (χ1n) is 10.2. The van der Waals surface area contributed by atoms with Crippen molar-refractivity contribution in [3.63, 3.8) is 0 Å². The molecular weight excluding hydrogens is 396 g/mol. The molecule has 1 aliphatic carbocycles. The van der Waals surface area contributed by atoms with Crippen LogP contribution in [0.2, 0.25) is 0 Å². The van der Waals surface area contributed by atoms with Gasteiger partial charge in [-0.25, -0.2) is 0 Å². The van der Waals surface area contributed by atoms with Crippen LogP contribution in [0.15, 0.2) is 36.4 Å². The van der Waals surface area contributed by atoms with Crippen molar-refractivity contribution in [2.75, 3.05) is 44.6 Å². The number of nitrogens with one attached hydrogen (secondary N) is 2. The van der Waals surface area contributed by atoms with Gasteiger partial charge >= 0.3 is 0 Å². The van der Waals surface area contributed by atoms with E-state index in [-0.39, 0.29) is 17.9 Å². The normalized spacial score (nSPS) is 18.6. The first-order chi connectivity index (χ1) is 14.8. The van der Waals surface area contributed by atoms with Gasteiger partial charge in [-0.2, -0.15) is 4.98 Å². The van der Waals surface area contributed by atoms with Gasteiger partial charge in [-0.15, -0.1) is 0 Å².